The van der Waals surface area contributed by atoms with E-state index < -0.39 is 17.2 Å². The quantitative estimate of drug-likeness (QED) is 0.909. The minimum atomic E-state index is -0.564. The molecule has 6 heteroatoms. The topological polar surface area (TPSA) is 41.6 Å². The number of carbonyl (C=O) groups excluding carboxylic acids is 1. The molecule has 1 amide bonds. The average molecular weight is 340 g/mol. The highest BCUT2D eigenvalue weighted by molar-refractivity contribution is 5.68. The van der Waals surface area contributed by atoms with Crippen LogP contribution in [0.1, 0.15) is 39.2 Å². The zero-order valence-electron chi connectivity index (χ0n) is 14.6. The molecule has 1 heterocycles. The van der Waals surface area contributed by atoms with Gasteiger partial charge in [-0.25, -0.2) is 13.6 Å². The summed E-state index contributed by atoms with van der Waals surface area (Å²) in [5.41, 5.74) is -0.0167. The molecule has 0 atom stereocenters. The van der Waals surface area contributed by atoms with Gasteiger partial charge < -0.3 is 15.0 Å². The molecule has 1 aliphatic heterocycles. The summed E-state index contributed by atoms with van der Waals surface area (Å²) < 4.78 is 31.8. The normalized spacial score (nSPS) is 16.3. The smallest absolute Gasteiger partial charge is 0.410 e. The molecular weight excluding hydrogens is 314 g/mol. The average Bonchev–Trinajstić information content (AvgIpc) is 2.48. The second kappa shape index (κ2) is 7.92. The Bertz CT molecular complexity index is 565. The van der Waals surface area contributed by atoms with Gasteiger partial charge in [0.15, 0.2) is 0 Å². The van der Waals surface area contributed by atoms with Crippen LogP contribution < -0.4 is 5.32 Å². The number of rotatable bonds is 4. The first-order valence-electron chi connectivity index (χ1n) is 8.37. The largest absolute Gasteiger partial charge is 0.444 e. The van der Waals surface area contributed by atoms with E-state index in [1.54, 1.807) is 4.90 Å². The van der Waals surface area contributed by atoms with E-state index in [1.165, 1.54) is 12.1 Å². The number of likely N-dealkylation sites (tertiary alicyclic amines) is 1. The predicted octanol–water partition coefficient (Wildman–Crippen LogP) is 3.70. The lowest BCUT2D eigenvalue weighted by Crippen LogP contribution is -2.43. The zero-order valence-corrected chi connectivity index (χ0v) is 14.6. The Kier molecular flexibility index (Phi) is 6.15. The van der Waals surface area contributed by atoms with E-state index in [2.05, 4.69) is 5.32 Å². The molecule has 0 aromatic heterocycles. The third kappa shape index (κ3) is 5.74. The third-order valence-electron chi connectivity index (χ3n) is 4.03. The molecule has 2 rings (SSSR count). The molecule has 1 N–H and O–H groups in total. The molecule has 1 saturated heterocycles. The van der Waals surface area contributed by atoms with Crippen molar-refractivity contribution in [2.24, 2.45) is 5.92 Å². The van der Waals surface area contributed by atoms with Gasteiger partial charge in [-0.05, 0) is 52.1 Å². The van der Waals surface area contributed by atoms with Crippen molar-refractivity contribution in [3.05, 3.63) is 35.4 Å². The van der Waals surface area contributed by atoms with Gasteiger partial charge in [-0.15, -0.1) is 0 Å². The van der Waals surface area contributed by atoms with Crippen LogP contribution in [0, 0.1) is 17.6 Å². The molecule has 1 fully saturated rings. The van der Waals surface area contributed by atoms with Crippen LogP contribution in [-0.2, 0) is 11.3 Å². The standard InChI is InChI=1S/C18H26F2N2O2/c1-18(2,3)24-17(23)22-8-6-13(7-9-22)11-21-12-14-4-5-15(19)10-16(14)20/h4-5,10,13,21H,6-9,11-12H2,1-3H3. The first kappa shape index (κ1) is 18.6. The van der Waals surface area contributed by atoms with Crippen LogP contribution in [0.4, 0.5) is 13.6 Å². The van der Waals surface area contributed by atoms with Crippen molar-refractivity contribution in [2.45, 2.75) is 45.8 Å². The summed E-state index contributed by atoms with van der Waals surface area (Å²) in [6, 6.07) is 3.62. The second-order valence-electron chi connectivity index (χ2n) is 7.28. The van der Waals surface area contributed by atoms with Crippen LogP contribution in [-0.4, -0.2) is 36.2 Å². The minimum absolute atomic E-state index is 0.262. The van der Waals surface area contributed by atoms with E-state index in [1.807, 2.05) is 20.8 Å². The van der Waals surface area contributed by atoms with Gasteiger partial charge in [0.1, 0.15) is 17.2 Å². The summed E-state index contributed by atoms with van der Waals surface area (Å²) in [5.74, 6) is -0.653. The van der Waals surface area contributed by atoms with Crippen molar-refractivity contribution in [3.8, 4) is 0 Å². The summed E-state index contributed by atoms with van der Waals surface area (Å²) in [4.78, 5) is 13.7. The molecule has 0 bridgehead atoms. The Morgan fingerprint density at radius 1 is 1.29 bits per heavy atom. The molecule has 0 aliphatic carbocycles. The number of hydrogen-bond acceptors (Lipinski definition) is 3. The monoisotopic (exact) mass is 340 g/mol. The summed E-state index contributed by atoms with van der Waals surface area (Å²) >= 11 is 0. The van der Waals surface area contributed by atoms with Crippen LogP contribution in [0.2, 0.25) is 0 Å². The maximum atomic E-state index is 13.6. The molecule has 0 spiro atoms. The first-order valence-corrected chi connectivity index (χ1v) is 8.37. The molecule has 24 heavy (non-hydrogen) atoms. The van der Waals surface area contributed by atoms with Crippen molar-refractivity contribution >= 4 is 6.09 Å². The SMILES string of the molecule is CC(C)(C)OC(=O)N1CCC(CNCc2ccc(F)cc2F)CC1. The van der Waals surface area contributed by atoms with E-state index >= 15 is 0 Å². The van der Waals surface area contributed by atoms with Gasteiger partial charge in [0.05, 0.1) is 0 Å². The fraction of sp³-hybridized carbons (Fsp3) is 0.611. The number of nitrogens with one attached hydrogen (secondary N) is 1. The maximum Gasteiger partial charge on any atom is 0.410 e. The van der Waals surface area contributed by atoms with E-state index in [-0.39, 0.29) is 6.09 Å². The summed E-state index contributed by atoms with van der Waals surface area (Å²) in [5, 5.41) is 3.22. The van der Waals surface area contributed by atoms with Crippen LogP contribution in [0.25, 0.3) is 0 Å². The van der Waals surface area contributed by atoms with Crippen molar-refractivity contribution in [1.29, 1.82) is 0 Å². The van der Waals surface area contributed by atoms with Gasteiger partial charge in [0, 0.05) is 31.3 Å². The Hall–Kier alpha value is -1.69. The van der Waals surface area contributed by atoms with Gasteiger partial charge in [0.2, 0.25) is 0 Å². The summed E-state index contributed by atoms with van der Waals surface area (Å²) in [6.07, 6.45) is 1.51. The number of nitrogens with zero attached hydrogens (tertiary/aromatic N) is 1. The molecule has 0 radical (unpaired) electrons. The molecule has 4 nitrogen and oxygen atoms in total. The van der Waals surface area contributed by atoms with Crippen molar-refractivity contribution in [2.75, 3.05) is 19.6 Å². The number of ether oxygens (including phenoxy) is 1. The highest BCUT2D eigenvalue weighted by Crippen LogP contribution is 2.19. The van der Waals surface area contributed by atoms with E-state index in [4.69, 9.17) is 4.74 Å². The highest BCUT2D eigenvalue weighted by Gasteiger charge is 2.26. The van der Waals surface area contributed by atoms with Crippen molar-refractivity contribution < 1.29 is 18.3 Å². The maximum absolute atomic E-state index is 13.6. The Morgan fingerprint density at radius 3 is 2.54 bits per heavy atom. The number of amides is 1. The summed E-state index contributed by atoms with van der Waals surface area (Å²) in [7, 11) is 0. The van der Waals surface area contributed by atoms with Crippen molar-refractivity contribution in [1.82, 2.24) is 10.2 Å². The van der Waals surface area contributed by atoms with E-state index in [0.29, 0.717) is 31.1 Å². The molecule has 0 saturated carbocycles. The molecule has 1 aliphatic rings. The predicted molar refractivity (Wildman–Crippen MR) is 88.6 cm³/mol. The first-order chi connectivity index (χ1) is 11.2. The molecule has 1 aromatic rings. The number of halogens is 2. The Labute approximate surface area is 142 Å². The van der Waals surface area contributed by atoms with Gasteiger partial charge in [-0.2, -0.15) is 0 Å². The van der Waals surface area contributed by atoms with Gasteiger partial charge in [-0.1, -0.05) is 6.07 Å². The second-order valence-corrected chi connectivity index (χ2v) is 7.28. The molecule has 1 aromatic carbocycles. The van der Waals surface area contributed by atoms with Gasteiger partial charge >= 0.3 is 6.09 Å². The summed E-state index contributed by atoms with van der Waals surface area (Å²) in [6.45, 7) is 8.04. The third-order valence-corrected chi connectivity index (χ3v) is 4.03. The van der Waals surface area contributed by atoms with E-state index in [0.717, 1.165) is 25.5 Å². The van der Waals surface area contributed by atoms with Gasteiger partial charge in [-0.3, -0.25) is 0 Å². The zero-order chi connectivity index (χ0) is 17.7. The van der Waals surface area contributed by atoms with Crippen LogP contribution in [0.15, 0.2) is 18.2 Å². The number of carbonyl (C=O) groups is 1. The fourth-order valence-corrected chi connectivity index (χ4v) is 2.72. The highest BCUT2D eigenvalue weighted by atomic mass is 19.1. The number of benzene rings is 1. The minimum Gasteiger partial charge on any atom is -0.444 e. The molecule has 0 unspecified atom stereocenters. The lowest BCUT2D eigenvalue weighted by molar-refractivity contribution is 0.0184. The Morgan fingerprint density at radius 2 is 1.96 bits per heavy atom. The van der Waals surface area contributed by atoms with Crippen LogP contribution >= 0.6 is 0 Å². The Balaban J connectivity index is 1.70. The number of hydrogen-bond donors (Lipinski definition) is 1. The van der Waals surface area contributed by atoms with Gasteiger partial charge in [0.25, 0.3) is 0 Å². The molecule has 134 valence electrons. The van der Waals surface area contributed by atoms with E-state index in [9.17, 15) is 13.6 Å². The lowest BCUT2D eigenvalue weighted by atomic mass is 9.97. The number of piperidine rings is 1. The lowest BCUT2D eigenvalue weighted by Gasteiger charge is -2.33. The van der Waals surface area contributed by atoms with Crippen LogP contribution in [0.5, 0.6) is 0 Å². The fourth-order valence-electron chi connectivity index (χ4n) is 2.72. The molecular formula is C18H26F2N2O2. The van der Waals surface area contributed by atoms with Crippen LogP contribution in [0.3, 0.4) is 0 Å². The van der Waals surface area contributed by atoms with Crippen molar-refractivity contribution in [3.63, 3.8) is 0 Å².